The molecule has 0 aromatic heterocycles. The van der Waals surface area contributed by atoms with Crippen molar-refractivity contribution in [2.45, 2.75) is 71.3 Å². The minimum Gasteiger partial charge on any atom is -0.355 e. The maximum atomic E-state index is 12.9. The van der Waals surface area contributed by atoms with Crippen molar-refractivity contribution in [2.24, 2.45) is 17.1 Å². The Morgan fingerprint density at radius 2 is 1.93 bits per heavy atom. The Morgan fingerprint density at radius 3 is 2.48 bits per heavy atom. The minimum atomic E-state index is -0.808. The molecule has 1 saturated heterocycles. The summed E-state index contributed by atoms with van der Waals surface area (Å²) in [4.78, 5) is 38.3. The van der Waals surface area contributed by atoms with Crippen LogP contribution >= 0.6 is 12.4 Å². The molecular weight excluding hydrogens is 368 g/mol. The van der Waals surface area contributed by atoms with Crippen molar-refractivity contribution in [3.8, 4) is 0 Å². The predicted octanol–water partition coefficient (Wildman–Crippen LogP) is 2.18. The first-order valence-corrected chi connectivity index (χ1v) is 9.86. The van der Waals surface area contributed by atoms with Gasteiger partial charge >= 0.3 is 6.03 Å². The molecule has 0 aromatic carbocycles. The Kier molecular flexibility index (Phi) is 8.54. The van der Waals surface area contributed by atoms with Crippen LogP contribution in [0, 0.1) is 11.3 Å². The number of imide groups is 1. The number of nitrogens with zero attached hydrogens (tertiary/aromatic N) is 1. The first-order chi connectivity index (χ1) is 12.3. The lowest BCUT2D eigenvalue weighted by Gasteiger charge is -2.42. The molecule has 2 rings (SSSR count). The minimum absolute atomic E-state index is 0. The molecule has 1 spiro atoms. The summed E-state index contributed by atoms with van der Waals surface area (Å²) in [6, 6.07) is -0.444. The molecule has 4 amide bonds. The zero-order valence-electron chi connectivity index (χ0n) is 16.8. The van der Waals surface area contributed by atoms with Gasteiger partial charge in [0.25, 0.3) is 5.91 Å². The van der Waals surface area contributed by atoms with Crippen molar-refractivity contribution >= 4 is 30.3 Å². The number of amides is 4. The molecule has 1 saturated carbocycles. The molecule has 0 bridgehead atoms. The van der Waals surface area contributed by atoms with Crippen molar-refractivity contribution in [2.75, 3.05) is 19.6 Å². The first kappa shape index (κ1) is 23.7. The van der Waals surface area contributed by atoms with Gasteiger partial charge < -0.3 is 16.4 Å². The van der Waals surface area contributed by atoms with Crippen molar-refractivity contribution in [3.05, 3.63) is 0 Å². The first-order valence-electron chi connectivity index (χ1n) is 9.86. The van der Waals surface area contributed by atoms with E-state index in [-0.39, 0.29) is 36.2 Å². The Morgan fingerprint density at radius 1 is 1.30 bits per heavy atom. The summed E-state index contributed by atoms with van der Waals surface area (Å²) in [5.74, 6) is 0.0125. The standard InChI is InChI=1S/C19H34N4O3.ClH/c1-4-18(2,3)14-7-9-19(10-8-14)16(25)23(17(26)22-19)13-15(24)21-12-6-5-11-20;/h14H,4-13,20H2,1-3H3,(H,21,24)(H,22,26);1H. The van der Waals surface area contributed by atoms with Crippen LogP contribution in [0.15, 0.2) is 0 Å². The van der Waals surface area contributed by atoms with Gasteiger partial charge in [0.15, 0.2) is 0 Å². The molecule has 7 nitrogen and oxygen atoms in total. The third-order valence-corrected chi connectivity index (χ3v) is 6.36. The molecule has 2 fully saturated rings. The zero-order chi connectivity index (χ0) is 19.4. The summed E-state index contributed by atoms with van der Waals surface area (Å²) in [6.07, 6.45) is 5.88. The van der Waals surface area contributed by atoms with Gasteiger partial charge in [-0.3, -0.25) is 14.5 Å². The van der Waals surface area contributed by atoms with Crippen molar-refractivity contribution < 1.29 is 14.4 Å². The molecule has 1 aliphatic heterocycles. The van der Waals surface area contributed by atoms with Crippen LogP contribution in [0.5, 0.6) is 0 Å². The number of unbranched alkanes of at least 4 members (excludes halogenated alkanes) is 1. The topological polar surface area (TPSA) is 105 Å². The second kappa shape index (κ2) is 9.73. The lowest BCUT2D eigenvalue weighted by atomic mass is 9.65. The quantitative estimate of drug-likeness (QED) is 0.427. The van der Waals surface area contributed by atoms with Crippen LogP contribution in [0.1, 0.15) is 65.7 Å². The van der Waals surface area contributed by atoms with Crippen molar-refractivity contribution in [1.29, 1.82) is 0 Å². The number of carbonyl (C=O) groups excluding carboxylic acids is 3. The lowest BCUT2D eigenvalue weighted by Crippen LogP contribution is -2.51. The molecule has 8 heteroatoms. The van der Waals surface area contributed by atoms with Gasteiger partial charge in [-0.25, -0.2) is 4.79 Å². The van der Waals surface area contributed by atoms with E-state index in [4.69, 9.17) is 5.73 Å². The Balaban J connectivity index is 0.00000364. The fourth-order valence-corrected chi connectivity index (χ4v) is 4.04. The van der Waals surface area contributed by atoms with Gasteiger partial charge in [0, 0.05) is 6.54 Å². The van der Waals surface area contributed by atoms with Crippen molar-refractivity contribution in [3.63, 3.8) is 0 Å². The number of nitrogens with two attached hydrogens (primary N) is 1. The van der Waals surface area contributed by atoms with E-state index in [1.165, 1.54) is 0 Å². The average molecular weight is 403 g/mol. The van der Waals surface area contributed by atoms with Crippen LogP contribution in [-0.4, -0.2) is 47.9 Å². The fourth-order valence-electron chi connectivity index (χ4n) is 4.04. The summed E-state index contributed by atoms with van der Waals surface area (Å²) in [5, 5.41) is 5.62. The van der Waals surface area contributed by atoms with Gasteiger partial charge in [0.1, 0.15) is 12.1 Å². The number of hydrogen-bond donors (Lipinski definition) is 3. The fraction of sp³-hybridized carbons (Fsp3) is 0.842. The average Bonchev–Trinajstić information content (AvgIpc) is 2.83. The SMILES string of the molecule is CCC(C)(C)C1CCC2(CC1)NC(=O)N(CC(=O)NCCCCN)C2=O.Cl. The van der Waals surface area contributed by atoms with E-state index in [1.54, 1.807) is 0 Å². The van der Waals surface area contributed by atoms with Crippen molar-refractivity contribution in [1.82, 2.24) is 15.5 Å². The largest absolute Gasteiger partial charge is 0.355 e. The van der Waals surface area contributed by atoms with E-state index in [1.807, 2.05) is 0 Å². The number of halogens is 1. The molecule has 0 radical (unpaired) electrons. The van der Waals surface area contributed by atoms with Gasteiger partial charge in [-0.1, -0.05) is 27.2 Å². The molecule has 0 aromatic rings. The van der Waals surface area contributed by atoms with Gasteiger partial charge in [-0.15, -0.1) is 12.4 Å². The lowest BCUT2D eigenvalue weighted by molar-refractivity contribution is -0.136. The van der Waals surface area contributed by atoms with E-state index >= 15 is 0 Å². The smallest absolute Gasteiger partial charge is 0.325 e. The molecule has 4 N–H and O–H groups in total. The summed E-state index contributed by atoms with van der Waals surface area (Å²) in [7, 11) is 0. The van der Waals surface area contributed by atoms with Crippen LogP contribution in [0.4, 0.5) is 4.79 Å². The maximum Gasteiger partial charge on any atom is 0.325 e. The van der Waals surface area contributed by atoms with E-state index in [9.17, 15) is 14.4 Å². The van der Waals surface area contributed by atoms with Gasteiger partial charge in [0.2, 0.25) is 5.91 Å². The summed E-state index contributed by atoms with van der Waals surface area (Å²) in [6.45, 7) is 7.62. The molecule has 1 heterocycles. The van der Waals surface area contributed by atoms with E-state index in [2.05, 4.69) is 31.4 Å². The van der Waals surface area contributed by atoms with E-state index in [0.717, 1.165) is 37.0 Å². The monoisotopic (exact) mass is 402 g/mol. The maximum absolute atomic E-state index is 12.9. The van der Waals surface area contributed by atoms with Crippen LogP contribution < -0.4 is 16.4 Å². The molecule has 156 valence electrons. The summed E-state index contributed by atoms with van der Waals surface area (Å²) in [5.41, 5.74) is 4.86. The highest BCUT2D eigenvalue weighted by Gasteiger charge is 2.53. The second-order valence-corrected chi connectivity index (χ2v) is 8.37. The number of hydrogen-bond acceptors (Lipinski definition) is 4. The number of urea groups is 1. The number of rotatable bonds is 8. The molecule has 0 unspecified atom stereocenters. The van der Waals surface area contributed by atoms with Crippen LogP contribution in [-0.2, 0) is 9.59 Å². The van der Waals surface area contributed by atoms with Gasteiger partial charge in [0.05, 0.1) is 0 Å². The Bertz CT molecular complexity index is 545. The molecule has 0 atom stereocenters. The normalized spacial score (nSPS) is 25.3. The Hall–Kier alpha value is -1.34. The highest BCUT2D eigenvalue weighted by atomic mass is 35.5. The molecule has 2 aliphatic rings. The summed E-state index contributed by atoms with van der Waals surface area (Å²) < 4.78 is 0. The number of carbonyl (C=O) groups is 3. The number of nitrogens with one attached hydrogen (secondary N) is 2. The van der Waals surface area contributed by atoms with Gasteiger partial charge in [-0.05, 0) is 56.4 Å². The molecule has 27 heavy (non-hydrogen) atoms. The summed E-state index contributed by atoms with van der Waals surface area (Å²) >= 11 is 0. The Labute approximate surface area is 168 Å². The van der Waals surface area contributed by atoms with E-state index < -0.39 is 11.6 Å². The van der Waals surface area contributed by atoms with Crippen LogP contribution in [0.3, 0.4) is 0 Å². The molecule has 1 aliphatic carbocycles. The second-order valence-electron chi connectivity index (χ2n) is 8.37. The van der Waals surface area contributed by atoms with Gasteiger partial charge in [-0.2, -0.15) is 0 Å². The van der Waals surface area contributed by atoms with Crippen LogP contribution in [0.2, 0.25) is 0 Å². The third kappa shape index (κ3) is 5.35. The van der Waals surface area contributed by atoms with E-state index in [0.29, 0.717) is 31.8 Å². The highest BCUT2D eigenvalue weighted by Crippen LogP contribution is 2.45. The zero-order valence-corrected chi connectivity index (χ0v) is 17.6. The highest BCUT2D eigenvalue weighted by molar-refractivity contribution is 6.09. The predicted molar refractivity (Wildman–Crippen MR) is 108 cm³/mol. The molecular formula is C19H35ClN4O3. The third-order valence-electron chi connectivity index (χ3n) is 6.36. The van der Waals surface area contributed by atoms with Crippen LogP contribution in [0.25, 0.3) is 0 Å².